The summed E-state index contributed by atoms with van der Waals surface area (Å²) >= 11 is 0. The SMILES string of the molecule is CC1(C)C=Cc2cc(C(=O)O)ccc21. The Morgan fingerprint density at radius 1 is 1.36 bits per heavy atom. The van der Waals surface area contributed by atoms with Gasteiger partial charge < -0.3 is 5.11 Å². The van der Waals surface area contributed by atoms with E-state index in [2.05, 4.69) is 19.9 Å². The molecule has 0 spiro atoms. The molecule has 2 nitrogen and oxygen atoms in total. The van der Waals surface area contributed by atoms with Crippen LogP contribution in [0.25, 0.3) is 6.08 Å². The Labute approximate surface area is 82.9 Å². The minimum Gasteiger partial charge on any atom is -0.478 e. The summed E-state index contributed by atoms with van der Waals surface area (Å²) in [4.78, 5) is 10.7. The van der Waals surface area contributed by atoms with Crippen LogP contribution < -0.4 is 0 Å². The van der Waals surface area contributed by atoms with Crippen molar-refractivity contribution in [2.24, 2.45) is 0 Å². The van der Waals surface area contributed by atoms with Crippen molar-refractivity contribution >= 4 is 12.0 Å². The Hall–Kier alpha value is -1.57. The Kier molecular flexibility index (Phi) is 1.74. The summed E-state index contributed by atoms with van der Waals surface area (Å²) in [5, 5.41) is 8.82. The minimum atomic E-state index is -0.870. The summed E-state index contributed by atoms with van der Waals surface area (Å²) in [5.74, 6) is -0.870. The van der Waals surface area contributed by atoms with Crippen molar-refractivity contribution in [2.45, 2.75) is 19.3 Å². The number of carboxylic acid groups (broad SMARTS) is 1. The van der Waals surface area contributed by atoms with Crippen LogP contribution in [0.2, 0.25) is 0 Å². The highest BCUT2D eigenvalue weighted by Gasteiger charge is 2.24. The predicted octanol–water partition coefficient (Wildman–Crippen LogP) is 2.69. The zero-order valence-corrected chi connectivity index (χ0v) is 8.24. The van der Waals surface area contributed by atoms with Crippen LogP contribution in [0, 0.1) is 0 Å². The maximum absolute atomic E-state index is 10.7. The monoisotopic (exact) mass is 188 g/mol. The van der Waals surface area contributed by atoms with Crippen LogP contribution in [0.4, 0.5) is 0 Å². The third-order valence-corrected chi connectivity index (χ3v) is 2.67. The number of allylic oxidation sites excluding steroid dienone is 1. The second kappa shape index (κ2) is 2.71. The van der Waals surface area contributed by atoms with Crippen molar-refractivity contribution in [1.82, 2.24) is 0 Å². The molecule has 0 aromatic heterocycles. The lowest BCUT2D eigenvalue weighted by molar-refractivity contribution is 0.0697. The molecule has 1 aromatic rings. The summed E-state index contributed by atoms with van der Waals surface area (Å²) in [5.41, 5.74) is 2.61. The number of carboxylic acids is 1. The second-order valence-corrected chi connectivity index (χ2v) is 4.16. The van der Waals surface area contributed by atoms with E-state index in [1.54, 1.807) is 12.1 Å². The second-order valence-electron chi connectivity index (χ2n) is 4.16. The van der Waals surface area contributed by atoms with Gasteiger partial charge in [-0.25, -0.2) is 4.79 Å². The van der Waals surface area contributed by atoms with Gasteiger partial charge in [-0.1, -0.05) is 32.1 Å². The Bertz CT molecular complexity index is 428. The third kappa shape index (κ3) is 1.23. The van der Waals surface area contributed by atoms with E-state index >= 15 is 0 Å². The average molecular weight is 188 g/mol. The van der Waals surface area contributed by atoms with Crippen LogP contribution >= 0.6 is 0 Å². The number of hydrogen-bond donors (Lipinski definition) is 1. The van der Waals surface area contributed by atoms with Gasteiger partial charge in [-0.2, -0.15) is 0 Å². The van der Waals surface area contributed by atoms with E-state index in [1.807, 2.05) is 12.1 Å². The van der Waals surface area contributed by atoms with Crippen LogP contribution in [-0.4, -0.2) is 11.1 Å². The molecule has 1 aromatic carbocycles. The Morgan fingerprint density at radius 3 is 2.71 bits per heavy atom. The minimum absolute atomic E-state index is 0.0341. The molecular weight excluding hydrogens is 176 g/mol. The Balaban J connectivity index is 2.55. The first kappa shape index (κ1) is 9.00. The fourth-order valence-corrected chi connectivity index (χ4v) is 1.81. The van der Waals surface area contributed by atoms with E-state index in [0.717, 1.165) is 5.56 Å². The van der Waals surface area contributed by atoms with Gasteiger partial charge >= 0.3 is 5.97 Å². The molecule has 2 heteroatoms. The molecule has 1 aliphatic rings. The summed E-state index contributed by atoms with van der Waals surface area (Å²) < 4.78 is 0. The molecule has 2 rings (SSSR count). The first-order valence-corrected chi connectivity index (χ1v) is 4.58. The van der Waals surface area contributed by atoms with Crippen molar-refractivity contribution < 1.29 is 9.90 Å². The maximum Gasteiger partial charge on any atom is 0.335 e. The lowest BCUT2D eigenvalue weighted by Gasteiger charge is -2.17. The van der Waals surface area contributed by atoms with Gasteiger partial charge in [-0.15, -0.1) is 0 Å². The smallest absolute Gasteiger partial charge is 0.335 e. The van der Waals surface area contributed by atoms with Crippen molar-refractivity contribution in [1.29, 1.82) is 0 Å². The molecule has 0 atom stereocenters. The highest BCUT2D eigenvalue weighted by molar-refractivity contribution is 5.89. The van der Waals surface area contributed by atoms with E-state index in [-0.39, 0.29) is 5.41 Å². The van der Waals surface area contributed by atoms with Crippen molar-refractivity contribution in [3.8, 4) is 0 Å². The zero-order valence-electron chi connectivity index (χ0n) is 8.24. The first-order chi connectivity index (χ1) is 6.50. The quantitative estimate of drug-likeness (QED) is 0.735. The van der Waals surface area contributed by atoms with Crippen LogP contribution in [0.1, 0.15) is 35.3 Å². The molecule has 0 amide bonds. The molecule has 1 N–H and O–H groups in total. The molecule has 0 saturated heterocycles. The summed E-state index contributed by atoms with van der Waals surface area (Å²) in [6.07, 6.45) is 4.09. The van der Waals surface area contributed by atoms with Crippen molar-refractivity contribution in [3.63, 3.8) is 0 Å². The molecule has 0 fully saturated rings. The normalized spacial score (nSPS) is 16.7. The maximum atomic E-state index is 10.7. The predicted molar refractivity (Wildman–Crippen MR) is 55.5 cm³/mol. The number of rotatable bonds is 1. The van der Waals surface area contributed by atoms with Crippen LogP contribution in [0.15, 0.2) is 24.3 Å². The number of fused-ring (bicyclic) bond motifs is 1. The average Bonchev–Trinajstić information content (AvgIpc) is 2.42. The molecule has 0 unspecified atom stereocenters. The Morgan fingerprint density at radius 2 is 2.07 bits per heavy atom. The number of aromatic carboxylic acids is 1. The van der Waals surface area contributed by atoms with Gasteiger partial charge in [0, 0.05) is 5.41 Å². The largest absolute Gasteiger partial charge is 0.478 e. The summed E-state index contributed by atoms with van der Waals surface area (Å²) in [6, 6.07) is 5.29. The summed E-state index contributed by atoms with van der Waals surface area (Å²) in [6.45, 7) is 4.24. The fraction of sp³-hybridized carbons (Fsp3) is 0.250. The van der Waals surface area contributed by atoms with Gasteiger partial charge in [0.2, 0.25) is 0 Å². The lowest BCUT2D eigenvalue weighted by Crippen LogP contribution is -2.11. The number of benzene rings is 1. The van der Waals surface area contributed by atoms with Gasteiger partial charge in [0.25, 0.3) is 0 Å². The molecule has 72 valence electrons. The van der Waals surface area contributed by atoms with Gasteiger partial charge in [-0.05, 0) is 23.3 Å². The van der Waals surface area contributed by atoms with Gasteiger partial charge in [0.05, 0.1) is 5.56 Å². The topological polar surface area (TPSA) is 37.3 Å². The van der Waals surface area contributed by atoms with Crippen molar-refractivity contribution in [3.05, 3.63) is 41.0 Å². The van der Waals surface area contributed by atoms with Gasteiger partial charge in [-0.3, -0.25) is 0 Å². The number of hydrogen-bond acceptors (Lipinski definition) is 1. The van der Waals surface area contributed by atoms with E-state index in [0.29, 0.717) is 5.56 Å². The van der Waals surface area contributed by atoms with E-state index in [9.17, 15) is 4.79 Å². The zero-order chi connectivity index (χ0) is 10.3. The molecule has 0 radical (unpaired) electrons. The number of carbonyl (C=O) groups is 1. The molecule has 0 bridgehead atoms. The van der Waals surface area contributed by atoms with Crippen molar-refractivity contribution in [2.75, 3.05) is 0 Å². The lowest BCUT2D eigenvalue weighted by atomic mass is 9.87. The van der Waals surface area contributed by atoms with E-state index in [1.165, 1.54) is 5.56 Å². The molecule has 0 heterocycles. The molecule has 1 aliphatic carbocycles. The van der Waals surface area contributed by atoms with Crippen LogP contribution in [0.3, 0.4) is 0 Å². The van der Waals surface area contributed by atoms with E-state index < -0.39 is 5.97 Å². The molecule has 14 heavy (non-hydrogen) atoms. The van der Waals surface area contributed by atoms with E-state index in [4.69, 9.17) is 5.11 Å². The van der Waals surface area contributed by atoms with Crippen LogP contribution in [0.5, 0.6) is 0 Å². The molecule has 0 aliphatic heterocycles. The molecular formula is C12H12O2. The van der Waals surface area contributed by atoms with Gasteiger partial charge in [0.1, 0.15) is 0 Å². The van der Waals surface area contributed by atoms with Gasteiger partial charge in [0.15, 0.2) is 0 Å². The highest BCUT2D eigenvalue weighted by atomic mass is 16.4. The molecule has 0 saturated carbocycles. The van der Waals surface area contributed by atoms with Crippen LogP contribution in [-0.2, 0) is 5.41 Å². The first-order valence-electron chi connectivity index (χ1n) is 4.58. The fourth-order valence-electron chi connectivity index (χ4n) is 1.81. The summed E-state index contributed by atoms with van der Waals surface area (Å²) in [7, 11) is 0. The highest BCUT2D eigenvalue weighted by Crippen LogP contribution is 2.35. The third-order valence-electron chi connectivity index (χ3n) is 2.67. The standard InChI is InChI=1S/C12H12O2/c1-12(2)6-5-8-7-9(11(13)14)3-4-10(8)12/h3-7H,1-2H3,(H,13,14).